The SMILES string of the molecule is c1cc(Cc2ccc(-c3nn[nH]n3)cc2)cc(OCc2ccc3ccccc3n2)c1.c1cc(Cc2ccc(OCc3ccc4ccccc4n3)cc2)cc(-c2nn[nH]n2)c1.c1ccc(-c2nn[nH]n2)c(Cc2ccc(OCc3ccc4ccccc4n3)cc2)c1. The normalized spacial score (nSPS) is 10.9. The summed E-state index contributed by atoms with van der Waals surface area (Å²) >= 11 is 0. The highest BCUT2D eigenvalue weighted by molar-refractivity contribution is 5.80. The van der Waals surface area contributed by atoms with E-state index in [2.05, 4.69) is 180 Å². The second-order valence-electron chi connectivity index (χ2n) is 21.1. The summed E-state index contributed by atoms with van der Waals surface area (Å²) in [7, 11) is 0. The molecule has 15 rings (SSSR count). The summed E-state index contributed by atoms with van der Waals surface area (Å²) in [5, 5.41) is 46.0. The van der Waals surface area contributed by atoms with Gasteiger partial charge in [0.1, 0.15) is 37.1 Å². The van der Waals surface area contributed by atoms with Gasteiger partial charge in [-0.15, -0.1) is 30.6 Å². The quantitative estimate of drug-likeness (QED) is 0.0725. The number of hydrogen-bond acceptors (Lipinski definition) is 15. The Balaban J connectivity index is 0.000000124. The summed E-state index contributed by atoms with van der Waals surface area (Å²) < 4.78 is 17.9. The summed E-state index contributed by atoms with van der Waals surface area (Å²) in [4.78, 5) is 14.0. The highest BCUT2D eigenvalue weighted by atomic mass is 16.5. The first kappa shape index (κ1) is 56.9. The molecule has 0 aliphatic rings. The molecule has 0 aliphatic carbocycles. The predicted molar refractivity (Wildman–Crippen MR) is 345 cm³/mol. The second-order valence-corrected chi connectivity index (χ2v) is 21.1. The van der Waals surface area contributed by atoms with Gasteiger partial charge < -0.3 is 14.2 Å². The number of tetrazole rings is 3. The maximum Gasteiger partial charge on any atom is 0.204 e. The van der Waals surface area contributed by atoms with E-state index >= 15 is 0 Å². The van der Waals surface area contributed by atoms with Crippen LogP contribution < -0.4 is 14.2 Å². The first-order valence-electron chi connectivity index (χ1n) is 29.2. The molecule has 3 N–H and O–H groups in total. The number of nitrogens with one attached hydrogen (secondary N) is 3. The van der Waals surface area contributed by atoms with Crippen LogP contribution in [0.15, 0.2) is 255 Å². The second kappa shape index (κ2) is 27.9. The van der Waals surface area contributed by atoms with Crippen LogP contribution in [0.3, 0.4) is 0 Å². The number of aromatic nitrogens is 15. The van der Waals surface area contributed by atoms with Crippen LogP contribution in [0.5, 0.6) is 17.2 Å². The zero-order chi connectivity index (χ0) is 60.5. The average Bonchev–Trinajstić information content (AvgIpc) is 4.42. The molecular weight excluding hydrogens is 1120 g/mol. The van der Waals surface area contributed by atoms with Crippen molar-refractivity contribution < 1.29 is 14.2 Å². The fourth-order valence-corrected chi connectivity index (χ4v) is 10.2. The van der Waals surface area contributed by atoms with E-state index < -0.39 is 0 Å². The summed E-state index contributed by atoms with van der Waals surface area (Å²) in [5.41, 5.74) is 15.7. The van der Waals surface area contributed by atoms with Gasteiger partial charge in [-0.1, -0.05) is 176 Å². The Labute approximate surface area is 517 Å². The molecule has 0 unspecified atom stereocenters. The highest BCUT2D eigenvalue weighted by Crippen LogP contribution is 2.26. The number of H-pyrrole nitrogens is 3. The van der Waals surface area contributed by atoms with E-state index in [-0.39, 0.29) is 0 Å². The molecule has 15 aromatic rings. The van der Waals surface area contributed by atoms with Crippen LogP contribution in [-0.2, 0) is 39.1 Å². The number of hydrogen-bond donors (Lipinski definition) is 3. The Morgan fingerprint density at radius 1 is 0.289 bits per heavy atom. The lowest BCUT2D eigenvalue weighted by Crippen LogP contribution is -1.99. The molecule has 0 spiro atoms. The van der Waals surface area contributed by atoms with E-state index in [9.17, 15) is 0 Å². The van der Waals surface area contributed by atoms with Crippen molar-refractivity contribution in [1.82, 2.24) is 76.8 Å². The summed E-state index contributed by atoms with van der Waals surface area (Å²) in [5.74, 6) is 4.29. The summed E-state index contributed by atoms with van der Waals surface area (Å²) in [6.45, 7) is 1.31. The Morgan fingerprint density at radius 3 is 1.22 bits per heavy atom. The number of para-hydroxylation sites is 3. The van der Waals surface area contributed by atoms with Gasteiger partial charge in [0.15, 0.2) is 0 Å². The maximum atomic E-state index is 6.00. The lowest BCUT2D eigenvalue weighted by atomic mass is 9.99. The van der Waals surface area contributed by atoms with Crippen LogP contribution in [-0.4, -0.2) is 76.8 Å². The number of benzene rings is 9. The van der Waals surface area contributed by atoms with Crippen molar-refractivity contribution in [3.63, 3.8) is 0 Å². The number of pyridine rings is 3. The van der Waals surface area contributed by atoms with Crippen molar-refractivity contribution in [2.75, 3.05) is 0 Å². The molecule has 0 fully saturated rings. The Kier molecular flexibility index (Phi) is 17.6. The molecule has 18 heteroatoms. The fraction of sp³-hybridized carbons (Fsp3) is 0.0833. The van der Waals surface area contributed by atoms with Crippen molar-refractivity contribution in [2.45, 2.75) is 39.1 Å². The van der Waals surface area contributed by atoms with Crippen LogP contribution in [0.4, 0.5) is 0 Å². The summed E-state index contributed by atoms with van der Waals surface area (Å²) in [6, 6.07) is 85.5. The number of ether oxygens (including phenoxy) is 3. The Hall–Kier alpha value is -12.2. The molecule has 438 valence electrons. The number of aromatic amines is 3. The molecule has 0 atom stereocenters. The third-order valence-electron chi connectivity index (χ3n) is 14.8. The van der Waals surface area contributed by atoms with E-state index in [1.807, 2.05) is 152 Å². The number of rotatable bonds is 18. The predicted octanol–water partition coefficient (Wildman–Crippen LogP) is 13.8. The lowest BCUT2D eigenvalue weighted by molar-refractivity contribution is 0.301. The van der Waals surface area contributed by atoms with Gasteiger partial charge in [0, 0.05) is 32.8 Å². The molecule has 90 heavy (non-hydrogen) atoms. The van der Waals surface area contributed by atoms with Crippen molar-refractivity contribution >= 4 is 32.7 Å². The highest BCUT2D eigenvalue weighted by Gasteiger charge is 2.12. The minimum Gasteiger partial charge on any atom is -0.487 e. The minimum atomic E-state index is 0.435. The molecule has 18 nitrogen and oxygen atoms in total. The van der Waals surface area contributed by atoms with Crippen LogP contribution >= 0.6 is 0 Å². The van der Waals surface area contributed by atoms with Gasteiger partial charge in [0.05, 0.1) is 33.6 Å². The topological polar surface area (TPSA) is 230 Å². The Bertz CT molecular complexity index is 4760. The van der Waals surface area contributed by atoms with Crippen molar-refractivity contribution in [1.29, 1.82) is 0 Å². The van der Waals surface area contributed by atoms with Crippen LogP contribution in [0, 0.1) is 0 Å². The van der Waals surface area contributed by atoms with E-state index in [0.717, 1.165) is 109 Å². The smallest absolute Gasteiger partial charge is 0.204 e. The van der Waals surface area contributed by atoms with Crippen LogP contribution in [0.1, 0.15) is 50.5 Å². The standard InChI is InChI=1S/3C24H19N5O/c1-3-7-22(24-26-28-29-27-24)19(6-1)15-17-9-13-21(14-10-17)30-16-20-12-11-18-5-2-4-8-23(18)25-20;1-2-7-23-19(5-1)10-11-21(25-23)16-30-22-12-8-17(9-13-22)14-18-4-3-6-20(15-18)24-26-28-29-27-24;1-2-7-23-19(5-1)12-13-21(25-23)16-30-22-6-3-4-18(15-22)14-17-8-10-20(11-9-17)24-26-28-29-27-24/h1-14H,15-16H2,(H,26,27,28,29);2*1-13,15H,14,16H2,(H,26,27,28,29). The zero-order valence-electron chi connectivity index (χ0n) is 48.6. The molecule has 9 aromatic carbocycles. The minimum absolute atomic E-state index is 0.435. The zero-order valence-corrected chi connectivity index (χ0v) is 48.6. The van der Waals surface area contributed by atoms with E-state index in [1.54, 1.807) is 0 Å². The third kappa shape index (κ3) is 14.9. The molecule has 0 bridgehead atoms. The maximum absolute atomic E-state index is 6.00. The molecule has 0 aliphatic heterocycles. The largest absolute Gasteiger partial charge is 0.487 e. The van der Waals surface area contributed by atoms with Gasteiger partial charge in [-0.25, -0.2) is 15.0 Å². The van der Waals surface area contributed by atoms with E-state index in [4.69, 9.17) is 14.2 Å². The van der Waals surface area contributed by atoms with Crippen LogP contribution in [0.2, 0.25) is 0 Å². The first-order chi connectivity index (χ1) is 44.5. The van der Waals surface area contributed by atoms with Gasteiger partial charge in [0.25, 0.3) is 0 Å². The number of fused-ring (bicyclic) bond motifs is 3. The lowest BCUT2D eigenvalue weighted by Gasteiger charge is -2.09. The summed E-state index contributed by atoms with van der Waals surface area (Å²) in [6.07, 6.45) is 2.41. The first-order valence-corrected chi connectivity index (χ1v) is 29.2. The molecule has 6 aromatic heterocycles. The van der Waals surface area contributed by atoms with Gasteiger partial charge >= 0.3 is 0 Å². The molecule has 6 heterocycles. The fourth-order valence-electron chi connectivity index (χ4n) is 10.2. The van der Waals surface area contributed by atoms with E-state index in [0.29, 0.717) is 37.3 Å². The third-order valence-corrected chi connectivity index (χ3v) is 14.8. The van der Waals surface area contributed by atoms with E-state index in [1.165, 1.54) is 27.8 Å². The van der Waals surface area contributed by atoms with Gasteiger partial charge in [0.2, 0.25) is 17.5 Å². The van der Waals surface area contributed by atoms with Gasteiger partial charge in [-0.3, -0.25) is 0 Å². The molecule has 0 amide bonds. The average molecular weight is 1180 g/mol. The Morgan fingerprint density at radius 2 is 0.711 bits per heavy atom. The van der Waals surface area contributed by atoms with Gasteiger partial charge in [-0.2, -0.15) is 15.6 Å². The number of nitrogens with zero attached hydrogens (tertiary/aromatic N) is 12. The monoisotopic (exact) mass is 1180 g/mol. The van der Waals surface area contributed by atoms with Gasteiger partial charge in [-0.05, 0) is 147 Å². The van der Waals surface area contributed by atoms with Crippen LogP contribution in [0.25, 0.3) is 66.9 Å². The van der Waals surface area contributed by atoms with Crippen molar-refractivity contribution in [2.24, 2.45) is 0 Å². The van der Waals surface area contributed by atoms with Crippen molar-refractivity contribution in [3.8, 4) is 51.4 Å². The van der Waals surface area contributed by atoms with Crippen molar-refractivity contribution in [3.05, 3.63) is 305 Å². The molecule has 0 saturated heterocycles. The molecule has 0 radical (unpaired) electrons. The molecular formula is C72H57N15O3. The molecule has 0 saturated carbocycles.